The smallest absolute Gasteiger partial charge is 0.497 e. The first-order valence-electron chi connectivity index (χ1n) is 11.5. The molecule has 2 fully saturated rings. The molecule has 0 N–H and O–H groups in total. The number of likely N-dealkylation sites (tertiary alicyclic amines) is 1. The van der Waals surface area contributed by atoms with Crippen LogP contribution in [0.25, 0.3) is 0 Å². The lowest BCUT2D eigenvalue weighted by molar-refractivity contribution is -0.279. The summed E-state index contributed by atoms with van der Waals surface area (Å²) < 4.78 is 136. The average Bonchev–Trinajstić information content (AvgIpc) is 2.88. The van der Waals surface area contributed by atoms with Crippen LogP contribution in [0.2, 0.25) is 0 Å². The number of benzene rings is 1. The summed E-state index contributed by atoms with van der Waals surface area (Å²) in [5.74, 6) is -3.89. The molecule has 1 aromatic carbocycles. The summed E-state index contributed by atoms with van der Waals surface area (Å²) in [6.07, 6.45) is 0.534. The van der Waals surface area contributed by atoms with Crippen LogP contribution < -0.4 is 4.74 Å². The van der Waals surface area contributed by atoms with Gasteiger partial charge in [0.05, 0.1) is 20.3 Å². The highest BCUT2D eigenvalue weighted by atomic mass is 32.3. The van der Waals surface area contributed by atoms with Crippen LogP contribution >= 0.6 is 0 Å². The monoisotopic (exact) mass is 594 g/mol. The van der Waals surface area contributed by atoms with Crippen molar-refractivity contribution in [1.82, 2.24) is 8.61 Å². The number of rotatable bonds is 9. The molecule has 0 saturated carbocycles. The lowest BCUT2D eigenvalue weighted by Crippen LogP contribution is -2.57. The number of amides is 1. The Bertz CT molecular complexity index is 1190. The van der Waals surface area contributed by atoms with Crippen LogP contribution in [0.4, 0.5) is 22.0 Å². The van der Waals surface area contributed by atoms with Crippen molar-refractivity contribution in [2.45, 2.75) is 48.7 Å². The predicted octanol–water partition coefficient (Wildman–Crippen LogP) is 2.76. The Kier molecular flexibility index (Phi) is 8.97. The molecule has 2 aliphatic rings. The number of halogens is 5. The molecule has 0 bridgehead atoms. The maximum absolute atomic E-state index is 15.1. The number of hydrogen-bond donors (Lipinski definition) is 0. The van der Waals surface area contributed by atoms with Crippen LogP contribution in [-0.4, -0.2) is 82.1 Å². The van der Waals surface area contributed by atoms with Crippen molar-refractivity contribution in [1.29, 1.82) is 0 Å². The topological polar surface area (TPSA) is 120 Å². The molecule has 17 heteroatoms. The van der Waals surface area contributed by atoms with Gasteiger partial charge in [0.15, 0.2) is 5.79 Å². The highest BCUT2D eigenvalue weighted by Gasteiger charge is 2.64. The SMILES string of the molecule is COc1ccc(C2(CCN(S(=O)(=O)C(F)(F)F)S(=O)(=O)C(F)(F)C(=O)N3CCCCC3)OCCCO2)cc1. The number of carbonyl (C=O) groups is 1. The van der Waals surface area contributed by atoms with Gasteiger partial charge in [-0.15, -0.1) is 0 Å². The maximum Gasteiger partial charge on any atom is 0.512 e. The number of hydrogen-bond acceptors (Lipinski definition) is 8. The van der Waals surface area contributed by atoms with E-state index in [9.17, 15) is 34.8 Å². The Hall–Kier alpha value is -2.08. The zero-order valence-electron chi connectivity index (χ0n) is 20.2. The molecule has 38 heavy (non-hydrogen) atoms. The quantitative estimate of drug-likeness (QED) is 0.401. The van der Waals surface area contributed by atoms with E-state index in [0.29, 0.717) is 23.5 Å². The molecule has 1 amide bonds. The molecular formula is C21H27F5N2O8S2. The van der Waals surface area contributed by atoms with Crippen molar-refractivity contribution in [2.75, 3.05) is 40.0 Å². The van der Waals surface area contributed by atoms with Gasteiger partial charge < -0.3 is 19.1 Å². The molecule has 0 unspecified atom stereocenters. The van der Waals surface area contributed by atoms with Crippen molar-refractivity contribution >= 4 is 26.0 Å². The van der Waals surface area contributed by atoms with Crippen LogP contribution in [0.3, 0.4) is 0 Å². The van der Waals surface area contributed by atoms with Gasteiger partial charge >= 0.3 is 36.7 Å². The molecule has 1 aromatic rings. The van der Waals surface area contributed by atoms with E-state index in [1.54, 1.807) is 0 Å². The molecule has 10 nitrogen and oxygen atoms in total. The van der Waals surface area contributed by atoms with E-state index in [1.165, 1.54) is 31.4 Å². The number of piperidine rings is 1. The van der Waals surface area contributed by atoms with Gasteiger partial charge in [-0.2, -0.15) is 22.0 Å². The Morgan fingerprint density at radius 3 is 2.00 bits per heavy atom. The second-order valence-electron chi connectivity index (χ2n) is 8.60. The molecule has 216 valence electrons. The van der Waals surface area contributed by atoms with Crippen LogP contribution in [0.1, 0.15) is 37.7 Å². The highest BCUT2D eigenvalue weighted by molar-refractivity contribution is 8.05. The maximum atomic E-state index is 15.1. The summed E-state index contributed by atoms with van der Waals surface area (Å²) >= 11 is 0. The molecule has 0 radical (unpaired) electrons. The van der Waals surface area contributed by atoms with E-state index in [-0.39, 0.29) is 44.7 Å². The molecule has 2 saturated heterocycles. The summed E-state index contributed by atoms with van der Waals surface area (Å²) in [6, 6.07) is 5.64. The summed E-state index contributed by atoms with van der Waals surface area (Å²) in [5.41, 5.74) is -6.12. The zero-order valence-corrected chi connectivity index (χ0v) is 21.9. The Labute approximate surface area is 216 Å². The summed E-state index contributed by atoms with van der Waals surface area (Å²) in [4.78, 5) is 12.9. The molecule has 2 aliphatic heterocycles. The summed E-state index contributed by atoms with van der Waals surface area (Å²) in [6.45, 7) is -2.17. The zero-order chi connectivity index (χ0) is 28.4. The number of nitrogens with zero attached hydrogens (tertiary/aromatic N) is 2. The van der Waals surface area contributed by atoms with Crippen LogP contribution in [0.15, 0.2) is 24.3 Å². The first kappa shape index (κ1) is 30.5. The van der Waals surface area contributed by atoms with Crippen LogP contribution in [0, 0.1) is 0 Å². The minimum Gasteiger partial charge on any atom is -0.497 e. The van der Waals surface area contributed by atoms with Gasteiger partial charge in [-0.3, -0.25) is 4.79 Å². The Morgan fingerprint density at radius 1 is 0.947 bits per heavy atom. The first-order valence-corrected chi connectivity index (χ1v) is 14.4. The van der Waals surface area contributed by atoms with E-state index in [1.807, 2.05) is 0 Å². The number of ether oxygens (including phenoxy) is 3. The Balaban J connectivity index is 2.02. The van der Waals surface area contributed by atoms with Gasteiger partial charge in [0, 0.05) is 31.6 Å². The summed E-state index contributed by atoms with van der Waals surface area (Å²) in [7, 11) is -12.3. The fourth-order valence-electron chi connectivity index (χ4n) is 4.12. The van der Waals surface area contributed by atoms with E-state index >= 15 is 8.78 Å². The molecule has 2 heterocycles. The second kappa shape index (κ2) is 11.2. The molecule has 0 spiro atoms. The summed E-state index contributed by atoms with van der Waals surface area (Å²) in [5, 5.41) is -5.50. The third-order valence-corrected chi connectivity index (χ3v) is 10.2. The van der Waals surface area contributed by atoms with E-state index in [4.69, 9.17) is 14.2 Å². The highest BCUT2D eigenvalue weighted by Crippen LogP contribution is 2.40. The predicted molar refractivity (Wildman–Crippen MR) is 122 cm³/mol. The van der Waals surface area contributed by atoms with Crippen molar-refractivity contribution in [3.63, 3.8) is 0 Å². The van der Waals surface area contributed by atoms with Gasteiger partial charge in [0.1, 0.15) is 5.75 Å². The number of carbonyl (C=O) groups excluding carboxylic acids is 1. The standard InChI is InChI=1S/C21H27F5N2O8S2/c1-34-17-8-6-16(7-9-17)19(35-14-5-15-36-19)10-13-28(38(32,33)21(24,25)26)37(30,31)20(22,23)18(29)27-11-3-2-4-12-27/h6-9H,2-5,10-15H2,1H3. The van der Waals surface area contributed by atoms with Gasteiger partial charge in [-0.05, 0) is 49.9 Å². The number of alkyl halides is 5. The van der Waals surface area contributed by atoms with Gasteiger partial charge in [0.25, 0.3) is 0 Å². The third-order valence-electron chi connectivity index (χ3n) is 6.16. The van der Waals surface area contributed by atoms with Gasteiger partial charge in [-0.1, -0.05) is 3.71 Å². The van der Waals surface area contributed by atoms with Crippen molar-refractivity contribution < 1.29 is 57.8 Å². The van der Waals surface area contributed by atoms with Gasteiger partial charge in [0.2, 0.25) is 0 Å². The molecule has 0 atom stereocenters. The average molecular weight is 595 g/mol. The van der Waals surface area contributed by atoms with Crippen molar-refractivity contribution in [2.24, 2.45) is 0 Å². The Morgan fingerprint density at radius 2 is 1.50 bits per heavy atom. The van der Waals surface area contributed by atoms with Crippen LogP contribution in [-0.2, 0) is 40.1 Å². The first-order chi connectivity index (χ1) is 17.6. The van der Waals surface area contributed by atoms with E-state index in [2.05, 4.69) is 0 Å². The number of sulfonamides is 2. The molecule has 0 aliphatic carbocycles. The fraction of sp³-hybridized carbons (Fsp3) is 0.667. The number of methoxy groups -OCH3 is 1. The molecule has 3 rings (SSSR count). The fourth-order valence-corrected chi connectivity index (χ4v) is 7.19. The normalized spacial score (nSPS) is 19.4. The van der Waals surface area contributed by atoms with Gasteiger partial charge in [-0.25, -0.2) is 16.8 Å². The second-order valence-corrected chi connectivity index (χ2v) is 12.6. The lowest BCUT2D eigenvalue weighted by atomic mass is 10.0. The largest absolute Gasteiger partial charge is 0.512 e. The lowest BCUT2D eigenvalue weighted by Gasteiger charge is -2.39. The van der Waals surface area contributed by atoms with Crippen molar-refractivity contribution in [3.05, 3.63) is 29.8 Å². The van der Waals surface area contributed by atoms with Crippen LogP contribution in [0.5, 0.6) is 5.75 Å². The van der Waals surface area contributed by atoms with Crippen molar-refractivity contribution in [3.8, 4) is 5.75 Å². The van der Waals surface area contributed by atoms with E-state index in [0.717, 1.165) is 0 Å². The third kappa shape index (κ3) is 5.76. The molecule has 0 aromatic heterocycles. The minimum atomic E-state index is -6.90. The minimum absolute atomic E-state index is 0.00555. The molecular weight excluding hydrogens is 567 g/mol. The van der Waals surface area contributed by atoms with E-state index < -0.39 is 59.2 Å².